The van der Waals surface area contributed by atoms with Crippen LogP contribution in [0, 0.1) is 13.8 Å². The summed E-state index contributed by atoms with van der Waals surface area (Å²) in [6.45, 7) is 4.02. The fourth-order valence-corrected chi connectivity index (χ4v) is 3.11. The fourth-order valence-electron chi connectivity index (χ4n) is 3.11. The van der Waals surface area contributed by atoms with E-state index in [9.17, 15) is 4.79 Å². The maximum Gasteiger partial charge on any atom is 0.339 e. The van der Waals surface area contributed by atoms with Crippen LogP contribution in [0.5, 0.6) is 17.2 Å². The van der Waals surface area contributed by atoms with Gasteiger partial charge in [-0.05, 0) is 43.7 Å². The largest absolute Gasteiger partial charge is 0.496 e. The molecular weight excluding hydrogens is 320 g/mol. The molecule has 0 N–H and O–H groups in total. The second-order valence-electron chi connectivity index (χ2n) is 6.10. The number of aryl methyl sites for hydroxylation is 1. The Morgan fingerprint density at radius 3 is 2.60 bits per heavy atom. The van der Waals surface area contributed by atoms with E-state index in [0.29, 0.717) is 29.3 Å². The molecule has 0 saturated carbocycles. The van der Waals surface area contributed by atoms with Gasteiger partial charge in [-0.2, -0.15) is 0 Å². The summed E-state index contributed by atoms with van der Waals surface area (Å²) in [5, 5.41) is 0.806. The van der Waals surface area contributed by atoms with E-state index in [1.165, 1.54) is 0 Å². The predicted molar refractivity (Wildman–Crippen MR) is 93.8 cm³/mol. The first-order valence-electron chi connectivity index (χ1n) is 8.09. The summed E-state index contributed by atoms with van der Waals surface area (Å²) in [6.07, 6.45) is -0.305. The second-order valence-corrected chi connectivity index (χ2v) is 6.10. The summed E-state index contributed by atoms with van der Waals surface area (Å²) in [5.41, 5.74) is 2.44. The highest BCUT2D eigenvalue weighted by Crippen LogP contribution is 2.39. The van der Waals surface area contributed by atoms with Gasteiger partial charge in [0.2, 0.25) is 0 Å². The Labute approximate surface area is 144 Å². The third-order valence-corrected chi connectivity index (χ3v) is 4.63. The average Bonchev–Trinajstić information content (AvgIpc) is 2.64. The number of hydrogen-bond acceptors (Lipinski definition) is 5. The third kappa shape index (κ3) is 2.52. The molecule has 1 aliphatic heterocycles. The summed E-state index contributed by atoms with van der Waals surface area (Å²) >= 11 is 0. The molecule has 5 heteroatoms. The van der Waals surface area contributed by atoms with E-state index in [2.05, 4.69) is 0 Å². The number of hydrogen-bond donors (Lipinski definition) is 0. The van der Waals surface area contributed by atoms with Gasteiger partial charge in [-0.25, -0.2) is 4.79 Å². The zero-order valence-corrected chi connectivity index (χ0v) is 14.3. The van der Waals surface area contributed by atoms with Crippen LogP contribution >= 0.6 is 0 Å². The lowest BCUT2D eigenvalue weighted by Gasteiger charge is -2.27. The van der Waals surface area contributed by atoms with Crippen molar-refractivity contribution in [1.29, 1.82) is 0 Å². The van der Waals surface area contributed by atoms with Crippen molar-refractivity contribution in [3.63, 3.8) is 0 Å². The van der Waals surface area contributed by atoms with Crippen LogP contribution in [0.1, 0.15) is 22.8 Å². The Morgan fingerprint density at radius 2 is 1.84 bits per heavy atom. The molecule has 0 saturated heterocycles. The lowest BCUT2D eigenvalue weighted by atomic mass is 10.0. The van der Waals surface area contributed by atoms with Crippen LogP contribution < -0.4 is 19.8 Å². The van der Waals surface area contributed by atoms with Gasteiger partial charge >= 0.3 is 5.63 Å². The predicted octanol–water partition coefficient (Wildman–Crippen LogP) is 3.93. The van der Waals surface area contributed by atoms with E-state index < -0.39 is 0 Å². The van der Waals surface area contributed by atoms with Gasteiger partial charge in [0.15, 0.2) is 17.6 Å². The standard InChI is InChI=1S/C20H18O5/c1-11-12(2)20(21)25-17-9-13(8-16(22-3)19(11)17)18-10-23-14-6-4-5-7-15(14)24-18/h4-9,18H,10H2,1-3H3. The van der Waals surface area contributed by atoms with Gasteiger partial charge in [0, 0.05) is 11.1 Å². The van der Waals surface area contributed by atoms with Crippen molar-refractivity contribution in [2.24, 2.45) is 0 Å². The first-order valence-corrected chi connectivity index (χ1v) is 8.09. The van der Waals surface area contributed by atoms with Crippen molar-refractivity contribution in [1.82, 2.24) is 0 Å². The number of rotatable bonds is 2. The molecule has 4 rings (SSSR count). The van der Waals surface area contributed by atoms with E-state index in [4.69, 9.17) is 18.6 Å². The van der Waals surface area contributed by atoms with Gasteiger partial charge in [-0.1, -0.05) is 12.1 Å². The number of benzene rings is 2. The molecule has 1 aliphatic rings. The molecular formula is C20H18O5. The molecule has 1 aromatic heterocycles. The van der Waals surface area contributed by atoms with E-state index in [1.54, 1.807) is 14.0 Å². The summed E-state index contributed by atoms with van der Waals surface area (Å²) < 4.78 is 22.9. The molecule has 0 spiro atoms. The zero-order valence-electron chi connectivity index (χ0n) is 14.3. The molecule has 1 unspecified atom stereocenters. The van der Waals surface area contributed by atoms with Crippen LogP contribution in [0.4, 0.5) is 0 Å². The van der Waals surface area contributed by atoms with Crippen molar-refractivity contribution in [3.05, 3.63) is 63.5 Å². The molecule has 0 bridgehead atoms. The minimum absolute atomic E-state index is 0.305. The molecule has 3 aromatic rings. The van der Waals surface area contributed by atoms with Crippen molar-refractivity contribution in [2.75, 3.05) is 13.7 Å². The van der Waals surface area contributed by atoms with Crippen molar-refractivity contribution < 1.29 is 18.6 Å². The van der Waals surface area contributed by atoms with Gasteiger partial charge in [0.25, 0.3) is 0 Å². The summed E-state index contributed by atoms with van der Waals surface area (Å²) in [7, 11) is 1.60. The van der Waals surface area contributed by atoms with E-state index in [0.717, 1.165) is 22.3 Å². The van der Waals surface area contributed by atoms with Crippen molar-refractivity contribution >= 4 is 11.0 Å². The van der Waals surface area contributed by atoms with Crippen LogP contribution in [0.25, 0.3) is 11.0 Å². The highest BCUT2D eigenvalue weighted by molar-refractivity contribution is 5.88. The maximum atomic E-state index is 12.0. The van der Waals surface area contributed by atoms with Crippen LogP contribution in [-0.2, 0) is 0 Å². The first kappa shape index (κ1) is 15.6. The van der Waals surface area contributed by atoms with Gasteiger partial charge in [0.1, 0.15) is 17.9 Å². The molecule has 0 amide bonds. The van der Waals surface area contributed by atoms with Gasteiger partial charge in [-0.3, -0.25) is 0 Å². The van der Waals surface area contributed by atoms with Gasteiger partial charge in [0.05, 0.1) is 12.5 Å². The highest BCUT2D eigenvalue weighted by atomic mass is 16.6. The smallest absolute Gasteiger partial charge is 0.339 e. The van der Waals surface area contributed by atoms with E-state index >= 15 is 0 Å². The SMILES string of the molecule is COc1cc(C2COc3ccccc3O2)cc2oc(=O)c(C)c(C)c12. The molecule has 128 valence electrons. The van der Waals surface area contributed by atoms with Crippen molar-refractivity contribution in [3.8, 4) is 17.2 Å². The monoisotopic (exact) mass is 338 g/mol. The molecule has 0 fully saturated rings. The Bertz CT molecular complexity index is 1020. The summed E-state index contributed by atoms with van der Waals surface area (Å²) in [6, 6.07) is 11.3. The number of methoxy groups -OCH3 is 1. The normalized spacial score (nSPS) is 16.0. The van der Waals surface area contributed by atoms with Crippen LogP contribution in [0.2, 0.25) is 0 Å². The van der Waals surface area contributed by atoms with Gasteiger partial charge < -0.3 is 18.6 Å². The Kier molecular flexibility index (Phi) is 3.64. The Morgan fingerprint density at radius 1 is 1.08 bits per heavy atom. The minimum Gasteiger partial charge on any atom is -0.496 e. The summed E-state index contributed by atoms with van der Waals surface area (Å²) in [5.74, 6) is 2.07. The van der Waals surface area contributed by atoms with Crippen LogP contribution in [0.15, 0.2) is 45.6 Å². The Hall–Kier alpha value is -2.95. The maximum absolute atomic E-state index is 12.0. The van der Waals surface area contributed by atoms with Crippen LogP contribution in [-0.4, -0.2) is 13.7 Å². The molecule has 2 aromatic carbocycles. The summed E-state index contributed by atoms with van der Waals surface area (Å²) in [4.78, 5) is 12.0. The lowest BCUT2D eigenvalue weighted by Crippen LogP contribution is -2.21. The number of ether oxygens (including phenoxy) is 3. The molecule has 5 nitrogen and oxygen atoms in total. The lowest BCUT2D eigenvalue weighted by molar-refractivity contribution is 0.0912. The topological polar surface area (TPSA) is 57.9 Å². The fraction of sp³-hybridized carbons (Fsp3) is 0.250. The highest BCUT2D eigenvalue weighted by Gasteiger charge is 2.24. The molecule has 1 atom stereocenters. The second kappa shape index (κ2) is 5.84. The van der Waals surface area contributed by atoms with Crippen LogP contribution in [0.3, 0.4) is 0 Å². The third-order valence-electron chi connectivity index (χ3n) is 4.63. The first-order chi connectivity index (χ1) is 12.1. The number of fused-ring (bicyclic) bond motifs is 2. The van der Waals surface area contributed by atoms with Gasteiger partial charge in [-0.15, -0.1) is 0 Å². The Balaban J connectivity index is 1.84. The number of para-hydroxylation sites is 2. The quantitative estimate of drug-likeness (QED) is 0.663. The molecule has 25 heavy (non-hydrogen) atoms. The molecule has 0 aliphatic carbocycles. The van der Waals surface area contributed by atoms with E-state index in [1.807, 2.05) is 43.3 Å². The average molecular weight is 338 g/mol. The minimum atomic E-state index is -0.338. The van der Waals surface area contributed by atoms with Crippen molar-refractivity contribution in [2.45, 2.75) is 20.0 Å². The molecule has 0 radical (unpaired) electrons. The van der Waals surface area contributed by atoms with E-state index in [-0.39, 0.29) is 11.7 Å². The molecule has 2 heterocycles. The zero-order chi connectivity index (χ0) is 17.6.